The number of phenolic OH excluding ortho intramolecular Hbond substituents is 1. The first-order valence-electron chi connectivity index (χ1n) is 7.15. The topological polar surface area (TPSA) is 86.7 Å². The minimum atomic E-state index is -0.509. The Morgan fingerprint density at radius 1 is 1.23 bits per heavy atom. The smallest absolute Gasteiger partial charge is 0.244 e. The molecule has 0 spiro atoms. The van der Waals surface area contributed by atoms with Gasteiger partial charge in [-0.25, -0.2) is 0 Å². The summed E-state index contributed by atoms with van der Waals surface area (Å²) in [4.78, 5) is 36.0. The SMILES string of the molecule is CC(C)(C)c1ccc(O)c(NC(=O)CN2C(=O)CCC2=O)c1. The largest absolute Gasteiger partial charge is 0.506 e. The van der Waals surface area contributed by atoms with Crippen LogP contribution in [0.15, 0.2) is 18.2 Å². The van der Waals surface area contributed by atoms with E-state index in [1.807, 2.05) is 20.8 Å². The molecule has 0 aliphatic carbocycles. The van der Waals surface area contributed by atoms with Crippen LogP contribution >= 0.6 is 0 Å². The molecule has 0 aromatic heterocycles. The molecule has 1 aliphatic heterocycles. The normalized spacial score (nSPS) is 15.3. The molecule has 2 N–H and O–H groups in total. The van der Waals surface area contributed by atoms with Gasteiger partial charge in [-0.15, -0.1) is 0 Å². The number of aromatic hydroxyl groups is 1. The Bertz CT molecular complexity index is 616. The Hall–Kier alpha value is -2.37. The molecule has 3 amide bonds. The number of likely N-dealkylation sites (tertiary alicyclic amines) is 1. The van der Waals surface area contributed by atoms with E-state index in [-0.39, 0.29) is 48.1 Å². The van der Waals surface area contributed by atoms with Crippen molar-refractivity contribution < 1.29 is 19.5 Å². The number of hydrogen-bond acceptors (Lipinski definition) is 4. The van der Waals surface area contributed by atoms with Gasteiger partial charge < -0.3 is 10.4 Å². The number of nitrogens with one attached hydrogen (secondary N) is 1. The quantitative estimate of drug-likeness (QED) is 0.658. The van der Waals surface area contributed by atoms with Crippen molar-refractivity contribution in [1.29, 1.82) is 0 Å². The zero-order valence-corrected chi connectivity index (χ0v) is 13.0. The van der Waals surface area contributed by atoms with Gasteiger partial charge in [-0.2, -0.15) is 0 Å². The van der Waals surface area contributed by atoms with E-state index in [1.165, 1.54) is 6.07 Å². The summed E-state index contributed by atoms with van der Waals surface area (Å²) in [5.74, 6) is -1.24. The van der Waals surface area contributed by atoms with Gasteiger partial charge in [-0.3, -0.25) is 19.3 Å². The van der Waals surface area contributed by atoms with Gasteiger partial charge in [0.25, 0.3) is 0 Å². The Labute approximate surface area is 129 Å². The van der Waals surface area contributed by atoms with Crippen LogP contribution in [0, 0.1) is 0 Å². The maximum atomic E-state index is 12.0. The van der Waals surface area contributed by atoms with Crippen LogP contribution in [0.2, 0.25) is 0 Å². The van der Waals surface area contributed by atoms with Crippen molar-refractivity contribution >= 4 is 23.4 Å². The van der Waals surface area contributed by atoms with Gasteiger partial charge in [0.1, 0.15) is 12.3 Å². The number of imide groups is 1. The number of nitrogens with zero attached hydrogens (tertiary/aromatic N) is 1. The number of anilines is 1. The summed E-state index contributed by atoms with van der Waals surface area (Å²) in [7, 11) is 0. The Balaban J connectivity index is 2.11. The van der Waals surface area contributed by atoms with Gasteiger partial charge in [0.15, 0.2) is 0 Å². The van der Waals surface area contributed by atoms with E-state index < -0.39 is 5.91 Å². The van der Waals surface area contributed by atoms with E-state index in [9.17, 15) is 19.5 Å². The van der Waals surface area contributed by atoms with Crippen molar-refractivity contribution in [3.05, 3.63) is 23.8 Å². The molecular formula is C16H20N2O4. The van der Waals surface area contributed by atoms with Crippen LogP contribution in [0.3, 0.4) is 0 Å². The molecule has 1 saturated heterocycles. The van der Waals surface area contributed by atoms with E-state index in [2.05, 4.69) is 5.32 Å². The van der Waals surface area contributed by atoms with E-state index in [1.54, 1.807) is 12.1 Å². The molecule has 1 aromatic carbocycles. The Kier molecular flexibility index (Phi) is 4.21. The lowest BCUT2D eigenvalue weighted by Gasteiger charge is -2.21. The highest BCUT2D eigenvalue weighted by molar-refractivity contribution is 6.06. The fourth-order valence-electron chi connectivity index (χ4n) is 2.24. The third kappa shape index (κ3) is 3.44. The summed E-state index contributed by atoms with van der Waals surface area (Å²) >= 11 is 0. The summed E-state index contributed by atoms with van der Waals surface area (Å²) in [6.45, 7) is 5.74. The van der Waals surface area contributed by atoms with Crippen LogP contribution in [0.4, 0.5) is 5.69 Å². The molecule has 2 rings (SSSR count). The predicted octanol–water partition coefficient (Wildman–Crippen LogP) is 1.78. The van der Waals surface area contributed by atoms with E-state index >= 15 is 0 Å². The number of carbonyl (C=O) groups excluding carboxylic acids is 3. The molecular weight excluding hydrogens is 284 g/mol. The second-order valence-electron chi connectivity index (χ2n) is 6.40. The minimum Gasteiger partial charge on any atom is -0.506 e. The summed E-state index contributed by atoms with van der Waals surface area (Å²) < 4.78 is 0. The second kappa shape index (κ2) is 5.79. The summed E-state index contributed by atoms with van der Waals surface area (Å²) in [5, 5.41) is 12.4. The molecule has 0 bridgehead atoms. The molecule has 0 atom stereocenters. The van der Waals surface area contributed by atoms with Crippen LogP contribution in [-0.4, -0.2) is 34.3 Å². The van der Waals surface area contributed by atoms with Gasteiger partial charge in [0.2, 0.25) is 17.7 Å². The molecule has 0 saturated carbocycles. The van der Waals surface area contributed by atoms with Gasteiger partial charge in [0.05, 0.1) is 5.69 Å². The molecule has 0 unspecified atom stereocenters. The maximum absolute atomic E-state index is 12.0. The van der Waals surface area contributed by atoms with E-state index in [0.717, 1.165) is 10.5 Å². The maximum Gasteiger partial charge on any atom is 0.244 e. The lowest BCUT2D eigenvalue weighted by Crippen LogP contribution is -2.36. The van der Waals surface area contributed by atoms with Crippen molar-refractivity contribution in [1.82, 2.24) is 4.90 Å². The van der Waals surface area contributed by atoms with Crippen LogP contribution in [0.5, 0.6) is 5.75 Å². The van der Waals surface area contributed by atoms with E-state index in [0.29, 0.717) is 0 Å². The summed E-state index contributed by atoms with van der Waals surface area (Å²) in [5.41, 5.74) is 1.10. The molecule has 6 heteroatoms. The number of benzene rings is 1. The highest BCUT2D eigenvalue weighted by atomic mass is 16.3. The van der Waals surface area contributed by atoms with Gasteiger partial charge in [-0.05, 0) is 23.1 Å². The molecule has 118 valence electrons. The van der Waals surface area contributed by atoms with Gasteiger partial charge in [0, 0.05) is 12.8 Å². The van der Waals surface area contributed by atoms with Crippen molar-refractivity contribution in [3.63, 3.8) is 0 Å². The lowest BCUT2D eigenvalue weighted by molar-refractivity contribution is -0.141. The fraction of sp³-hybridized carbons (Fsp3) is 0.438. The Morgan fingerprint density at radius 2 is 1.82 bits per heavy atom. The number of hydrogen-bond donors (Lipinski definition) is 2. The number of rotatable bonds is 3. The highest BCUT2D eigenvalue weighted by Crippen LogP contribution is 2.30. The predicted molar refractivity (Wildman–Crippen MR) is 81.4 cm³/mol. The minimum absolute atomic E-state index is 0.0552. The van der Waals surface area contributed by atoms with Crippen LogP contribution in [-0.2, 0) is 19.8 Å². The van der Waals surface area contributed by atoms with Crippen LogP contribution < -0.4 is 5.32 Å². The number of amides is 3. The average Bonchev–Trinajstić information content (AvgIpc) is 2.72. The van der Waals surface area contributed by atoms with Crippen molar-refractivity contribution in [2.24, 2.45) is 0 Å². The lowest BCUT2D eigenvalue weighted by atomic mass is 9.87. The molecule has 1 heterocycles. The second-order valence-corrected chi connectivity index (χ2v) is 6.40. The molecule has 6 nitrogen and oxygen atoms in total. The number of phenols is 1. The summed E-state index contributed by atoms with van der Waals surface area (Å²) in [6, 6.07) is 5.00. The van der Waals surface area contributed by atoms with Crippen molar-refractivity contribution in [2.45, 2.75) is 39.0 Å². The highest BCUT2D eigenvalue weighted by Gasteiger charge is 2.30. The first kappa shape index (κ1) is 16.0. The van der Waals surface area contributed by atoms with Gasteiger partial charge >= 0.3 is 0 Å². The average molecular weight is 304 g/mol. The first-order chi connectivity index (χ1) is 10.2. The zero-order valence-electron chi connectivity index (χ0n) is 13.0. The molecule has 1 aliphatic rings. The Morgan fingerprint density at radius 3 is 2.36 bits per heavy atom. The first-order valence-corrected chi connectivity index (χ1v) is 7.15. The molecule has 1 aromatic rings. The molecule has 0 radical (unpaired) electrons. The van der Waals surface area contributed by atoms with Crippen molar-refractivity contribution in [2.75, 3.05) is 11.9 Å². The molecule has 1 fully saturated rings. The van der Waals surface area contributed by atoms with Crippen molar-refractivity contribution in [3.8, 4) is 5.75 Å². The number of carbonyl (C=O) groups is 3. The van der Waals surface area contributed by atoms with Crippen LogP contribution in [0.25, 0.3) is 0 Å². The van der Waals surface area contributed by atoms with E-state index in [4.69, 9.17) is 0 Å². The fourth-order valence-corrected chi connectivity index (χ4v) is 2.24. The van der Waals surface area contributed by atoms with Gasteiger partial charge in [-0.1, -0.05) is 26.8 Å². The third-order valence-corrected chi connectivity index (χ3v) is 3.59. The monoisotopic (exact) mass is 304 g/mol. The van der Waals surface area contributed by atoms with Crippen LogP contribution in [0.1, 0.15) is 39.2 Å². The summed E-state index contributed by atoms with van der Waals surface area (Å²) in [6.07, 6.45) is 0.299. The third-order valence-electron chi connectivity index (χ3n) is 3.59. The molecule has 22 heavy (non-hydrogen) atoms. The standard InChI is InChI=1S/C16H20N2O4/c1-16(2,3)10-4-5-12(19)11(8-10)17-13(20)9-18-14(21)6-7-15(18)22/h4-5,8,19H,6-7,9H2,1-3H3,(H,17,20). The zero-order chi connectivity index (χ0) is 16.5.